The molecule has 0 radical (unpaired) electrons. The number of piperidine rings is 1. The highest BCUT2D eigenvalue weighted by Gasteiger charge is 2.28. The van der Waals surface area contributed by atoms with E-state index in [9.17, 15) is 14.8 Å². The molecule has 2 aromatic rings. The maximum absolute atomic E-state index is 13.5. The maximum atomic E-state index is 13.5. The van der Waals surface area contributed by atoms with Crippen LogP contribution in [0.1, 0.15) is 93.6 Å². The third-order valence-electron chi connectivity index (χ3n) is 8.21. The third-order valence-corrected chi connectivity index (χ3v) is 8.21. The first-order valence-corrected chi connectivity index (χ1v) is 14.2. The Kier molecular flexibility index (Phi) is 8.38. The van der Waals surface area contributed by atoms with E-state index in [-0.39, 0.29) is 36.4 Å². The number of pyridine rings is 1. The van der Waals surface area contributed by atoms with Gasteiger partial charge in [-0.2, -0.15) is 9.83 Å². The molecular formula is C28H40N6O3. The molecule has 1 aliphatic heterocycles. The van der Waals surface area contributed by atoms with Crippen LogP contribution in [0.4, 0.5) is 0 Å². The monoisotopic (exact) mass is 508 g/mol. The lowest BCUT2D eigenvalue weighted by Crippen LogP contribution is -2.45. The normalized spacial score (nSPS) is 19.9. The molecule has 9 heteroatoms. The van der Waals surface area contributed by atoms with Gasteiger partial charge in [-0.05, 0) is 70.5 Å². The zero-order chi connectivity index (χ0) is 25.6. The van der Waals surface area contributed by atoms with Crippen molar-refractivity contribution in [1.29, 1.82) is 0 Å². The molecule has 2 amide bonds. The highest BCUT2D eigenvalue weighted by Crippen LogP contribution is 2.33. The molecule has 1 saturated heterocycles. The number of hydrogen-bond donors (Lipinski definition) is 2. The molecule has 1 atom stereocenters. The fraction of sp³-hybridized carbons (Fsp3) is 0.643. The van der Waals surface area contributed by atoms with E-state index in [0.717, 1.165) is 75.7 Å². The van der Waals surface area contributed by atoms with Crippen LogP contribution in [-0.4, -0.2) is 58.2 Å². The predicted octanol–water partition coefficient (Wildman–Crippen LogP) is 3.33. The second-order valence-electron chi connectivity index (χ2n) is 11.0. The van der Waals surface area contributed by atoms with Crippen molar-refractivity contribution < 1.29 is 14.3 Å². The molecule has 9 nitrogen and oxygen atoms in total. The molecule has 200 valence electrons. The Balaban J connectivity index is 1.32. The van der Waals surface area contributed by atoms with Gasteiger partial charge in [0.25, 0.3) is 5.91 Å². The number of nitrogens with zero attached hydrogens (tertiary/aromatic N) is 4. The van der Waals surface area contributed by atoms with Crippen molar-refractivity contribution in [3.05, 3.63) is 41.4 Å². The number of rotatable bonds is 10. The number of nitrogens with one attached hydrogen (secondary N) is 2. The zero-order valence-electron chi connectivity index (χ0n) is 21.7. The number of aromatic nitrogens is 3. The van der Waals surface area contributed by atoms with Crippen molar-refractivity contribution in [3.63, 3.8) is 0 Å². The van der Waals surface area contributed by atoms with E-state index < -0.39 is 0 Å². The van der Waals surface area contributed by atoms with Crippen molar-refractivity contribution in [2.45, 2.75) is 95.2 Å². The van der Waals surface area contributed by atoms with Crippen LogP contribution < -0.4 is 15.4 Å². The summed E-state index contributed by atoms with van der Waals surface area (Å²) in [7, 11) is 0. The number of likely N-dealkylation sites (tertiary alicyclic amines) is 1. The second-order valence-corrected chi connectivity index (χ2v) is 11.0. The molecule has 0 aromatic carbocycles. The van der Waals surface area contributed by atoms with E-state index in [1.54, 1.807) is 18.2 Å². The standard InChI is InChI=1S/C28H40N6O3/c35-27(29-21-9-8-10-21)19-22(14-18-32-15-5-1-6-16-32)30-28(36)24-20-26(25-13-4-7-17-33(25)37)34(31-24)23-11-2-3-12-23/h4,7,13,17,20-23H,1-3,5-6,8-12,14-16,18-19H2,(H,29,35)(H,30,36). The summed E-state index contributed by atoms with van der Waals surface area (Å²) in [6.45, 7) is 3.02. The summed E-state index contributed by atoms with van der Waals surface area (Å²) in [5, 5.41) is 23.5. The Bertz CT molecular complexity index is 1070. The molecule has 2 aromatic heterocycles. The Morgan fingerprint density at radius 2 is 1.84 bits per heavy atom. The van der Waals surface area contributed by atoms with Crippen LogP contribution in [0.15, 0.2) is 30.5 Å². The van der Waals surface area contributed by atoms with Crippen LogP contribution in [0.2, 0.25) is 0 Å². The van der Waals surface area contributed by atoms with Crippen molar-refractivity contribution >= 4 is 11.8 Å². The Hall–Kier alpha value is -2.94. The largest absolute Gasteiger partial charge is 0.618 e. The first kappa shape index (κ1) is 25.7. The highest BCUT2D eigenvalue weighted by molar-refractivity contribution is 5.93. The van der Waals surface area contributed by atoms with Gasteiger partial charge in [-0.15, -0.1) is 0 Å². The molecular weight excluding hydrogens is 468 g/mol. The first-order chi connectivity index (χ1) is 18.1. The molecule has 0 bridgehead atoms. The van der Waals surface area contributed by atoms with Crippen LogP contribution in [0, 0.1) is 5.21 Å². The summed E-state index contributed by atoms with van der Waals surface area (Å²) >= 11 is 0. The minimum Gasteiger partial charge on any atom is -0.618 e. The van der Waals surface area contributed by atoms with Gasteiger partial charge in [-0.25, -0.2) is 0 Å². The van der Waals surface area contributed by atoms with Crippen LogP contribution in [0.3, 0.4) is 0 Å². The molecule has 3 heterocycles. The third kappa shape index (κ3) is 6.50. The summed E-state index contributed by atoms with van der Waals surface area (Å²) in [4.78, 5) is 28.6. The van der Waals surface area contributed by atoms with Gasteiger partial charge >= 0.3 is 0 Å². The Labute approximate surface area is 219 Å². The molecule has 3 fully saturated rings. The lowest BCUT2D eigenvalue weighted by atomic mass is 9.93. The van der Waals surface area contributed by atoms with Crippen LogP contribution in [0.5, 0.6) is 0 Å². The highest BCUT2D eigenvalue weighted by atomic mass is 16.5. The Morgan fingerprint density at radius 3 is 2.54 bits per heavy atom. The second kappa shape index (κ2) is 12.1. The molecule has 1 unspecified atom stereocenters. The van der Waals surface area contributed by atoms with Gasteiger partial charge in [0, 0.05) is 43.2 Å². The van der Waals surface area contributed by atoms with Crippen molar-refractivity contribution in [2.24, 2.45) is 0 Å². The summed E-state index contributed by atoms with van der Waals surface area (Å²) in [5.74, 6) is -0.283. The van der Waals surface area contributed by atoms with Crippen molar-refractivity contribution in [1.82, 2.24) is 25.3 Å². The lowest BCUT2D eigenvalue weighted by Gasteiger charge is -2.29. The van der Waals surface area contributed by atoms with E-state index in [2.05, 4.69) is 15.5 Å². The van der Waals surface area contributed by atoms with E-state index >= 15 is 0 Å². The van der Waals surface area contributed by atoms with Gasteiger partial charge in [0.15, 0.2) is 11.9 Å². The van der Waals surface area contributed by atoms with E-state index in [1.807, 2.05) is 10.7 Å². The topological polar surface area (TPSA) is 106 Å². The van der Waals surface area contributed by atoms with Crippen LogP contribution >= 0.6 is 0 Å². The van der Waals surface area contributed by atoms with Gasteiger partial charge < -0.3 is 20.7 Å². The smallest absolute Gasteiger partial charge is 0.272 e. The molecule has 37 heavy (non-hydrogen) atoms. The van der Waals surface area contributed by atoms with Crippen LogP contribution in [-0.2, 0) is 4.79 Å². The van der Waals surface area contributed by atoms with Crippen LogP contribution in [0.25, 0.3) is 11.4 Å². The number of carbonyl (C=O) groups excluding carboxylic acids is 2. The maximum Gasteiger partial charge on any atom is 0.272 e. The van der Waals surface area contributed by atoms with Gasteiger partial charge in [0.2, 0.25) is 11.6 Å². The summed E-state index contributed by atoms with van der Waals surface area (Å²) < 4.78 is 2.70. The van der Waals surface area contributed by atoms with Gasteiger partial charge in [0.1, 0.15) is 5.69 Å². The molecule has 5 rings (SSSR count). The van der Waals surface area contributed by atoms with E-state index in [4.69, 9.17) is 5.10 Å². The van der Waals surface area contributed by atoms with Gasteiger partial charge in [-0.3, -0.25) is 14.3 Å². The van der Waals surface area contributed by atoms with Crippen molar-refractivity contribution in [3.8, 4) is 11.4 Å². The molecule has 0 spiro atoms. The number of carbonyl (C=O) groups is 2. The minimum absolute atomic E-state index is 0.00232. The predicted molar refractivity (Wildman–Crippen MR) is 141 cm³/mol. The minimum atomic E-state index is -0.286. The molecule has 2 saturated carbocycles. The zero-order valence-corrected chi connectivity index (χ0v) is 21.7. The SMILES string of the molecule is O=C(CC(CCN1CCCCC1)NC(=O)c1cc(-c2cccc[n+]2[O-])n(C2CCCC2)n1)NC1CCC1. The molecule has 3 aliphatic rings. The quantitative estimate of drug-likeness (QED) is 0.378. The fourth-order valence-corrected chi connectivity index (χ4v) is 5.82. The number of hydrogen-bond acceptors (Lipinski definition) is 5. The van der Waals surface area contributed by atoms with E-state index in [0.29, 0.717) is 17.1 Å². The number of amides is 2. The summed E-state index contributed by atoms with van der Waals surface area (Å²) in [6, 6.07) is 7.21. The summed E-state index contributed by atoms with van der Waals surface area (Å²) in [6.07, 6.45) is 13.6. The molecule has 2 N–H and O–H groups in total. The fourth-order valence-electron chi connectivity index (χ4n) is 5.82. The lowest BCUT2D eigenvalue weighted by molar-refractivity contribution is -0.593. The van der Waals surface area contributed by atoms with E-state index in [1.165, 1.54) is 25.5 Å². The average Bonchev–Trinajstić information content (AvgIpc) is 3.56. The van der Waals surface area contributed by atoms with Gasteiger partial charge in [0.05, 0.1) is 6.04 Å². The first-order valence-electron chi connectivity index (χ1n) is 14.2. The molecule has 2 aliphatic carbocycles. The van der Waals surface area contributed by atoms with Crippen molar-refractivity contribution in [2.75, 3.05) is 19.6 Å². The Morgan fingerprint density at radius 1 is 1.05 bits per heavy atom. The van der Waals surface area contributed by atoms with Gasteiger partial charge in [-0.1, -0.05) is 19.3 Å². The summed E-state index contributed by atoms with van der Waals surface area (Å²) in [5.41, 5.74) is 1.45. The average molecular weight is 509 g/mol.